The number of hydrogen-bond acceptors (Lipinski definition) is 4. The van der Waals surface area contributed by atoms with E-state index in [9.17, 15) is 0 Å². The van der Waals surface area contributed by atoms with E-state index in [1.807, 2.05) is 0 Å². The Morgan fingerprint density at radius 3 is 1.57 bits per heavy atom. The van der Waals surface area contributed by atoms with Crippen LogP contribution < -0.4 is 0 Å². The first-order chi connectivity index (χ1) is 6.58. The Morgan fingerprint density at radius 1 is 0.857 bits per heavy atom. The van der Waals surface area contributed by atoms with Crippen LogP contribution in [-0.4, -0.2) is 9.97 Å². The van der Waals surface area contributed by atoms with Gasteiger partial charge in [-0.1, -0.05) is 23.2 Å². The molecule has 2 nitrogen and oxygen atoms in total. The number of rotatable bonds is 0. The van der Waals surface area contributed by atoms with Gasteiger partial charge in [0, 0.05) is 0 Å². The van der Waals surface area contributed by atoms with E-state index in [0.29, 0.717) is 31.1 Å². The number of nitrogens with zero attached hydrogens (tertiary/aromatic N) is 2. The molecule has 72 valence electrons. The molecule has 0 aliphatic carbocycles. The summed E-state index contributed by atoms with van der Waals surface area (Å²) in [5.41, 5.74) is 1.31. The van der Waals surface area contributed by atoms with Crippen molar-refractivity contribution in [2.45, 2.75) is 10.1 Å². The maximum absolute atomic E-state index is 5.84. The number of aromatic nitrogens is 2. The first-order valence-corrected chi connectivity index (χ1v) is 5.27. The van der Waals surface area contributed by atoms with Crippen LogP contribution in [0.4, 0.5) is 0 Å². The number of benzene rings is 1. The second-order valence-electron chi connectivity index (χ2n) is 2.63. The van der Waals surface area contributed by atoms with Crippen LogP contribution in [0.15, 0.2) is 22.2 Å². The zero-order valence-electron chi connectivity index (χ0n) is 6.70. The molecule has 0 aliphatic rings. The average molecular weight is 263 g/mol. The highest BCUT2D eigenvalue weighted by atomic mass is 35.5. The molecule has 1 heterocycles. The van der Waals surface area contributed by atoms with Crippen molar-refractivity contribution < 1.29 is 0 Å². The molecular formula is C8H4Cl2N2S2. The molecule has 2 rings (SSSR count). The number of thiol groups is 2. The summed E-state index contributed by atoms with van der Waals surface area (Å²) in [5.74, 6) is 0. The highest BCUT2D eigenvalue weighted by Crippen LogP contribution is 2.27. The van der Waals surface area contributed by atoms with Gasteiger partial charge in [-0.05, 0) is 12.1 Å². The molecule has 14 heavy (non-hydrogen) atoms. The quantitative estimate of drug-likeness (QED) is 0.711. The van der Waals surface area contributed by atoms with E-state index in [-0.39, 0.29) is 0 Å². The minimum Gasteiger partial charge on any atom is -0.237 e. The molecule has 0 bridgehead atoms. The molecule has 0 aliphatic heterocycles. The van der Waals surface area contributed by atoms with Gasteiger partial charge < -0.3 is 0 Å². The third-order valence-electron chi connectivity index (χ3n) is 1.67. The lowest BCUT2D eigenvalue weighted by Gasteiger charge is -2.02. The van der Waals surface area contributed by atoms with Crippen LogP contribution in [0, 0.1) is 0 Å². The highest BCUT2D eigenvalue weighted by Gasteiger charge is 2.06. The van der Waals surface area contributed by atoms with Crippen LogP contribution in [0.3, 0.4) is 0 Å². The van der Waals surface area contributed by atoms with Crippen LogP contribution in [0.5, 0.6) is 0 Å². The van der Waals surface area contributed by atoms with Gasteiger partial charge in [-0.3, -0.25) is 0 Å². The van der Waals surface area contributed by atoms with Gasteiger partial charge in [-0.15, -0.1) is 25.3 Å². The van der Waals surface area contributed by atoms with E-state index in [4.69, 9.17) is 23.2 Å². The van der Waals surface area contributed by atoms with E-state index in [2.05, 4.69) is 35.2 Å². The maximum Gasteiger partial charge on any atom is 0.126 e. The van der Waals surface area contributed by atoms with Crippen molar-refractivity contribution in [3.05, 3.63) is 22.2 Å². The summed E-state index contributed by atoms with van der Waals surface area (Å²) in [6, 6.07) is 3.30. The minimum atomic E-state index is 0.452. The van der Waals surface area contributed by atoms with Crippen molar-refractivity contribution in [1.82, 2.24) is 9.97 Å². The minimum absolute atomic E-state index is 0.452. The summed E-state index contributed by atoms with van der Waals surface area (Å²) in [7, 11) is 0. The Balaban J connectivity index is 2.83. The van der Waals surface area contributed by atoms with Crippen LogP contribution in [0.1, 0.15) is 0 Å². The van der Waals surface area contributed by atoms with Crippen molar-refractivity contribution >= 4 is 59.5 Å². The highest BCUT2D eigenvalue weighted by molar-refractivity contribution is 7.83. The van der Waals surface area contributed by atoms with E-state index in [1.54, 1.807) is 12.1 Å². The van der Waals surface area contributed by atoms with Crippen molar-refractivity contribution in [2.24, 2.45) is 0 Å². The van der Waals surface area contributed by atoms with Gasteiger partial charge in [-0.2, -0.15) is 0 Å². The summed E-state index contributed by atoms with van der Waals surface area (Å²) in [6.45, 7) is 0. The molecule has 0 fully saturated rings. The summed E-state index contributed by atoms with van der Waals surface area (Å²) in [5, 5.41) is 1.85. The number of halogens is 2. The topological polar surface area (TPSA) is 25.8 Å². The molecule has 1 aromatic carbocycles. The largest absolute Gasteiger partial charge is 0.237 e. The molecule has 6 heteroatoms. The zero-order valence-corrected chi connectivity index (χ0v) is 10.0. The Kier molecular flexibility index (Phi) is 2.79. The molecule has 0 saturated heterocycles. The van der Waals surface area contributed by atoms with Crippen molar-refractivity contribution in [2.75, 3.05) is 0 Å². The molecule has 0 unspecified atom stereocenters. The van der Waals surface area contributed by atoms with Crippen LogP contribution in [0.2, 0.25) is 10.0 Å². The maximum atomic E-state index is 5.84. The Hall–Kier alpha value is -0.160. The molecule has 0 N–H and O–H groups in total. The molecule has 0 atom stereocenters. The standard InChI is InChI=1S/C8H4Cl2N2S2/c9-3-1-5-6(2-4(3)10)12-8(14)7(13)11-5/h1-2H,(H,11,13)(H,12,14). The van der Waals surface area contributed by atoms with Gasteiger partial charge in [0.15, 0.2) is 0 Å². The molecule has 0 radical (unpaired) electrons. The van der Waals surface area contributed by atoms with Crippen LogP contribution >= 0.6 is 48.5 Å². The van der Waals surface area contributed by atoms with Crippen molar-refractivity contribution in [3.8, 4) is 0 Å². The van der Waals surface area contributed by atoms with Gasteiger partial charge >= 0.3 is 0 Å². The van der Waals surface area contributed by atoms with Gasteiger partial charge in [0.1, 0.15) is 10.1 Å². The lowest BCUT2D eigenvalue weighted by molar-refractivity contribution is 0.981. The second-order valence-corrected chi connectivity index (χ2v) is 4.29. The zero-order chi connectivity index (χ0) is 10.3. The van der Waals surface area contributed by atoms with Gasteiger partial charge in [0.05, 0.1) is 21.1 Å². The second kappa shape index (κ2) is 3.77. The molecule has 0 amide bonds. The summed E-state index contributed by atoms with van der Waals surface area (Å²) in [6.07, 6.45) is 0. The average Bonchev–Trinajstić information content (AvgIpc) is 2.11. The molecular weight excluding hydrogens is 259 g/mol. The van der Waals surface area contributed by atoms with Gasteiger partial charge in [-0.25, -0.2) is 9.97 Å². The first-order valence-electron chi connectivity index (χ1n) is 3.62. The summed E-state index contributed by atoms with van der Waals surface area (Å²) in [4.78, 5) is 8.32. The van der Waals surface area contributed by atoms with Crippen LogP contribution in [-0.2, 0) is 0 Å². The third-order valence-corrected chi connectivity index (χ3v) is 3.19. The van der Waals surface area contributed by atoms with Gasteiger partial charge in [0.2, 0.25) is 0 Å². The Bertz CT molecular complexity index is 427. The van der Waals surface area contributed by atoms with E-state index in [0.717, 1.165) is 0 Å². The molecule has 1 aromatic heterocycles. The van der Waals surface area contributed by atoms with Crippen LogP contribution in [0.25, 0.3) is 11.0 Å². The van der Waals surface area contributed by atoms with Crippen molar-refractivity contribution in [3.63, 3.8) is 0 Å². The summed E-state index contributed by atoms with van der Waals surface area (Å²) < 4.78 is 0. The normalized spacial score (nSPS) is 10.9. The summed E-state index contributed by atoms with van der Waals surface area (Å²) >= 11 is 19.9. The predicted molar refractivity (Wildman–Crippen MR) is 64.1 cm³/mol. The third kappa shape index (κ3) is 1.80. The fraction of sp³-hybridized carbons (Fsp3) is 0. The van der Waals surface area contributed by atoms with Gasteiger partial charge in [0.25, 0.3) is 0 Å². The lowest BCUT2D eigenvalue weighted by Crippen LogP contribution is -1.88. The smallest absolute Gasteiger partial charge is 0.126 e. The fourth-order valence-corrected chi connectivity index (χ4v) is 1.66. The lowest BCUT2D eigenvalue weighted by atomic mass is 10.3. The Morgan fingerprint density at radius 2 is 1.21 bits per heavy atom. The van der Waals surface area contributed by atoms with Crippen molar-refractivity contribution in [1.29, 1.82) is 0 Å². The fourth-order valence-electron chi connectivity index (χ4n) is 1.03. The number of fused-ring (bicyclic) bond motifs is 1. The first kappa shape index (κ1) is 10.4. The predicted octanol–water partition coefficient (Wildman–Crippen LogP) is 3.51. The van der Waals surface area contributed by atoms with E-state index in [1.165, 1.54) is 0 Å². The van der Waals surface area contributed by atoms with E-state index >= 15 is 0 Å². The molecule has 0 saturated carbocycles. The van der Waals surface area contributed by atoms with E-state index < -0.39 is 0 Å². The Labute approximate surface area is 101 Å². The molecule has 2 aromatic rings. The number of hydrogen-bond donors (Lipinski definition) is 2. The SMILES string of the molecule is Sc1nc2cc(Cl)c(Cl)cc2nc1S. The molecule has 0 spiro atoms. The monoisotopic (exact) mass is 262 g/mol.